The molecule has 18 heavy (non-hydrogen) atoms. The van der Waals surface area contributed by atoms with Crippen molar-refractivity contribution in [2.75, 3.05) is 20.7 Å². The molecule has 1 aromatic rings. The molecule has 0 bridgehead atoms. The first-order valence-corrected chi connectivity index (χ1v) is 6.71. The van der Waals surface area contributed by atoms with Gasteiger partial charge in [-0.3, -0.25) is 0 Å². The molecular formula is C15H24N2O. The van der Waals surface area contributed by atoms with Gasteiger partial charge in [-0.15, -0.1) is 0 Å². The molecule has 2 rings (SSSR count). The molecule has 0 amide bonds. The zero-order valence-corrected chi connectivity index (χ0v) is 11.6. The Morgan fingerprint density at radius 2 is 1.94 bits per heavy atom. The number of rotatable bonds is 6. The maximum Gasteiger partial charge on any atom is 0.118 e. The van der Waals surface area contributed by atoms with Crippen LogP contribution >= 0.6 is 0 Å². The van der Waals surface area contributed by atoms with Crippen molar-refractivity contribution in [3.63, 3.8) is 0 Å². The molecule has 1 fully saturated rings. The number of methoxy groups -OCH3 is 1. The monoisotopic (exact) mass is 248 g/mol. The van der Waals surface area contributed by atoms with E-state index in [9.17, 15) is 0 Å². The first-order chi connectivity index (χ1) is 8.61. The highest BCUT2D eigenvalue weighted by Gasteiger charge is 2.27. The predicted octanol–water partition coefficient (Wildman–Crippen LogP) is 2.43. The summed E-state index contributed by atoms with van der Waals surface area (Å²) in [4.78, 5) is 2.38. The lowest BCUT2D eigenvalue weighted by atomic mass is 10.00. The van der Waals surface area contributed by atoms with E-state index in [1.807, 2.05) is 12.1 Å². The molecule has 1 aliphatic carbocycles. The lowest BCUT2D eigenvalue weighted by molar-refractivity contribution is 0.218. The van der Waals surface area contributed by atoms with Crippen LogP contribution in [0.25, 0.3) is 0 Å². The largest absolute Gasteiger partial charge is 0.497 e. The molecule has 1 aromatic carbocycles. The van der Waals surface area contributed by atoms with Crippen LogP contribution in [0.2, 0.25) is 0 Å². The van der Waals surface area contributed by atoms with Crippen LogP contribution in [0.1, 0.15) is 31.4 Å². The first kappa shape index (κ1) is 13.4. The Morgan fingerprint density at radius 1 is 1.33 bits per heavy atom. The number of hydrogen-bond donors (Lipinski definition) is 1. The van der Waals surface area contributed by atoms with Crippen LogP contribution in [0, 0.1) is 5.92 Å². The number of hydrogen-bond acceptors (Lipinski definition) is 3. The minimum absolute atomic E-state index is 0.0552. The number of likely N-dealkylation sites (N-methyl/N-ethyl adjacent to an activating group) is 1. The fourth-order valence-corrected chi connectivity index (χ4v) is 2.25. The molecule has 0 heterocycles. The summed E-state index contributed by atoms with van der Waals surface area (Å²) in [5.74, 6) is 1.78. The minimum Gasteiger partial charge on any atom is -0.497 e. The second-order valence-electron chi connectivity index (χ2n) is 5.42. The van der Waals surface area contributed by atoms with Gasteiger partial charge in [0.25, 0.3) is 0 Å². The zero-order chi connectivity index (χ0) is 13.1. The van der Waals surface area contributed by atoms with Crippen molar-refractivity contribution in [2.24, 2.45) is 11.7 Å². The van der Waals surface area contributed by atoms with E-state index in [1.165, 1.54) is 24.9 Å². The van der Waals surface area contributed by atoms with E-state index in [-0.39, 0.29) is 6.04 Å². The Hall–Kier alpha value is -1.06. The van der Waals surface area contributed by atoms with Crippen molar-refractivity contribution in [3.05, 3.63) is 29.8 Å². The van der Waals surface area contributed by atoms with Gasteiger partial charge >= 0.3 is 0 Å². The molecule has 1 aliphatic rings. The van der Waals surface area contributed by atoms with E-state index in [0.717, 1.165) is 11.7 Å². The second kappa shape index (κ2) is 5.72. The fraction of sp³-hybridized carbons (Fsp3) is 0.600. The molecule has 2 atom stereocenters. The van der Waals surface area contributed by atoms with Gasteiger partial charge in [0.1, 0.15) is 5.75 Å². The lowest BCUT2D eigenvalue weighted by Crippen LogP contribution is -2.39. The van der Waals surface area contributed by atoms with Gasteiger partial charge in [0.05, 0.1) is 7.11 Å². The molecule has 1 saturated carbocycles. The van der Waals surface area contributed by atoms with Crippen LogP contribution in [0.5, 0.6) is 5.75 Å². The van der Waals surface area contributed by atoms with Gasteiger partial charge in [-0.2, -0.15) is 0 Å². The Labute approximate surface area is 110 Å². The summed E-state index contributed by atoms with van der Waals surface area (Å²) < 4.78 is 5.17. The van der Waals surface area contributed by atoms with Crippen LogP contribution < -0.4 is 10.5 Å². The van der Waals surface area contributed by atoms with Gasteiger partial charge in [-0.25, -0.2) is 0 Å². The van der Waals surface area contributed by atoms with E-state index in [1.54, 1.807) is 7.11 Å². The Bertz CT molecular complexity index is 373. The van der Waals surface area contributed by atoms with E-state index in [0.29, 0.717) is 6.04 Å². The molecule has 0 aromatic heterocycles. The average molecular weight is 248 g/mol. The molecule has 2 N–H and O–H groups in total. The maximum absolute atomic E-state index is 6.34. The third-order valence-corrected chi connectivity index (χ3v) is 3.96. The van der Waals surface area contributed by atoms with Crippen LogP contribution in [0.15, 0.2) is 24.3 Å². The highest BCUT2D eigenvalue weighted by atomic mass is 16.5. The minimum atomic E-state index is 0.0552. The Morgan fingerprint density at radius 3 is 2.44 bits per heavy atom. The summed E-state index contributed by atoms with van der Waals surface area (Å²) in [6.07, 6.45) is 2.77. The molecule has 100 valence electrons. The third kappa shape index (κ3) is 3.24. The second-order valence-corrected chi connectivity index (χ2v) is 5.42. The topological polar surface area (TPSA) is 38.5 Å². The van der Waals surface area contributed by atoms with E-state index >= 15 is 0 Å². The summed E-state index contributed by atoms with van der Waals surface area (Å²) in [5.41, 5.74) is 7.52. The smallest absolute Gasteiger partial charge is 0.118 e. The predicted molar refractivity (Wildman–Crippen MR) is 74.7 cm³/mol. The molecule has 0 aliphatic heterocycles. The number of nitrogens with zero attached hydrogens (tertiary/aromatic N) is 1. The van der Waals surface area contributed by atoms with Crippen LogP contribution in [0.3, 0.4) is 0 Å². The number of nitrogens with two attached hydrogens (primary N) is 1. The summed E-state index contributed by atoms with van der Waals surface area (Å²) in [5, 5.41) is 0. The van der Waals surface area contributed by atoms with Gasteiger partial charge in [0.15, 0.2) is 0 Å². The van der Waals surface area contributed by atoms with Gasteiger partial charge in [0, 0.05) is 18.6 Å². The van der Waals surface area contributed by atoms with Crippen molar-refractivity contribution in [2.45, 2.75) is 31.8 Å². The summed E-state index contributed by atoms with van der Waals surface area (Å²) in [6, 6.07) is 8.49. The standard InChI is InChI=1S/C15H24N2O/c1-11(17(2)10-12-4-5-12)15(16)13-6-8-14(18-3)9-7-13/h6-9,11-12,15H,4-5,10,16H2,1-3H3. The van der Waals surface area contributed by atoms with E-state index in [2.05, 4.69) is 31.0 Å². The molecule has 0 spiro atoms. The maximum atomic E-state index is 6.34. The summed E-state index contributed by atoms with van der Waals surface area (Å²) in [6.45, 7) is 3.38. The van der Waals surface area contributed by atoms with Gasteiger partial charge in [-0.05, 0) is 50.4 Å². The molecule has 2 unspecified atom stereocenters. The molecule has 0 saturated heterocycles. The van der Waals surface area contributed by atoms with Gasteiger partial charge in [0.2, 0.25) is 0 Å². The average Bonchev–Trinajstić information content (AvgIpc) is 3.21. The molecule has 3 nitrogen and oxygen atoms in total. The Balaban J connectivity index is 1.96. The number of ether oxygens (including phenoxy) is 1. The van der Waals surface area contributed by atoms with E-state index in [4.69, 9.17) is 10.5 Å². The first-order valence-electron chi connectivity index (χ1n) is 6.71. The molecular weight excluding hydrogens is 224 g/mol. The van der Waals surface area contributed by atoms with Crippen LogP contribution in [-0.2, 0) is 0 Å². The van der Waals surface area contributed by atoms with Crippen molar-refractivity contribution < 1.29 is 4.74 Å². The van der Waals surface area contributed by atoms with Crippen LogP contribution in [0.4, 0.5) is 0 Å². The van der Waals surface area contributed by atoms with E-state index < -0.39 is 0 Å². The Kier molecular flexibility index (Phi) is 4.25. The highest BCUT2D eigenvalue weighted by molar-refractivity contribution is 5.29. The van der Waals surface area contributed by atoms with Gasteiger partial charge < -0.3 is 15.4 Å². The summed E-state index contributed by atoms with van der Waals surface area (Å²) >= 11 is 0. The van der Waals surface area contributed by atoms with Crippen LogP contribution in [-0.4, -0.2) is 31.6 Å². The van der Waals surface area contributed by atoms with Crippen molar-refractivity contribution in [3.8, 4) is 5.75 Å². The lowest BCUT2D eigenvalue weighted by Gasteiger charge is -2.30. The molecule has 3 heteroatoms. The molecule has 0 radical (unpaired) electrons. The third-order valence-electron chi connectivity index (χ3n) is 3.96. The van der Waals surface area contributed by atoms with Crippen molar-refractivity contribution in [1.82, 2.24) is 4.90 Å². The SMILES string of the molecule is COc1ccc(C(N)C(C)N(C)CC2CC2)cc1. The van der Waals surface area contributed by atoms with Crippen molar-refractivity contribution >= 4 is 0 Å². The quantitative estimate of drug-likeness (QED) is 0.840. The zero-order valence-electron chi connectivity index (χ0n) is 11.6. The van der Waals surface area contributed by atoms with Gasteiger partial charge in [-0.1, -0.05) is 12.1 Å². The van der Waals surface area contributed by atoms with Crippen molar-refractivity contribution in [1.29, 1.82) is 0 Å². The normalized spacial score (nSPS) is 18.7. The number of benzene rings is 1. The fourth-order valence-electron chi connectivity index (χ4n) is 2.25. The highest BCUT2D eigenvalue weighted by Crippen LogP contribution is 2.31. The summed E-state index contributed by atoms with van der Waals surface area (Å²) in [7, 11) is 3.85.